The number of nitro benzene ring substituents is 1. The van der Waals surface area contributed by atoms with Crippen molar-refractivity contribution in [3.8, 4) is 11.5 Å². The van der Waals surface area contributed by atoms with Crippen molar-refractivity contribution in [3.05, 3.63) is 46.6 Å². The molecule has 1 fully saturated rings. The minimum Gasteiger partial charge on any atom is -0.497 e. The highest BCUT2D eigenvalue weighted by Gasteiger charge is 2.27. The van der Waals surface area contributed by atoms with Crippen molar-refractivity contribution in [3.63, 3.8) is 0 Å². The van der Waals surface area contributed by atoms with Crippen LogP contribution < -0.4 is 19.3 Å². The Labute approximate surface area is 152 Å². The fourth-order valence-corrected chi connectivity index (χ4v) is 3.10. The van der Waals surface area contributed by atoms with Gasteiger partial charge < -0.3 is 19.3 Å². The molecule has 0 N–H and O–H groups in total. The highest BCUT2D eigenvalue weighted by atomic mass is 16.6. The molecular formula is C18H22N4O4. The number of nitrogens with zero attached hydrogens (tertiary/aromatic N) is 4. The van der Waals surface area contributed by atoms with E-state index in [0.717, 1.165) is 24.7 Å². The van der Waals surface area contributed by atoms with Gasteiger partial charge >= 0.3 is 5.69 Å². The zero-order valence-corrected chi connectivity index (χ0v) is 14.9. The molecule has 0 bridgehead atoms. The summed E-state index contributed by atoms with van der Waals surface area (Å²) in [5.41, 5.74) is 0.626. The normalized spacial score (nSPS) is 14.2. The SMILES string of the molecule is CCOc1cccc(N2CCN(c3cc(OC)ccn3)CC2)c1[N+](=O)[O-]. The van der Waals surface area contributed by atoms with Gasteiger partial charge in [0.1, 0.15) is 17.3 Å². The Morgan fingerprint density at radius 2 is 1.92 bits per heavy atom. The van der Waals surface area contributed by atoms with Crippen LogP contribution in [0.2, 0.25) is 0 Å². The van der Waals surface area contributed by atoms with E-state index >= 15 is 0 Å². The summed E-state index contributed by atoms with van der Waals surface area (Å²) in [5, 5.41) is 11.6. The lowest BCUT2D eigenvalue weighted by molar-refractivity contribution is -0.385. The monoisotopic (exact) mass is 358 g/mol. The summed E-state index contributed by atoms with van der Waals surface area (Å²) in [6, 6.07) is 8.92. The highest BCUT2D eigenvalue weighted by molar-refractivity contribution is 5.70. The van der Waals surface area contributed by atoms with Crippen LogP contribution in [0.25, 0.3) is 0 Å². The zero-order chi connectivity index (χ0) is 18.5. The number of methoxy groups -OCH3 is 1. The fourth-order valence-electron chi connectivity index (χ4n) is 3.10. The molecule has 138 valence electrons. The molecule has 0 saturated carbocycles. The molecule has 3 rings (SSSR count). The molecule has 8 heteroatoms. The summed E-state index contributed by atoms with van der Waals surface area (Å²) in [4.78, 5) is 19.8. The molecule has 0 spiro atoms. The summed E-state index contributed by atoms with van der Waals surface area (Å²) in [7, 11) is 1.63. The van der Waals surface area contributed by atoms with Gasteiger partial charge in [0.25, 0.3) is 0 Å². The number of nitro groups is 1. The lowest BCUT2D eigenvalue weighted by Gasteiger charge is -2.36. The van der Waals surface area contributed by atoms with Crippen LogP contribution in [-0.2, 0) is 0 Å². The van der Waals surface area contributed by atoms with E-state index < -0.39 is 0 Å². The number of anilines is 2. The van der Waals surface area contributed by atoms with Gasteiger partial charge in [0.15, 0.2) is 5.75 Å². The van der Waals surface area contributed by atoms with Gasteiger partial charge in [-0.1, -0.05) is 6.07 Å². The van der Waals surface area contributed by atoms with Crippen molar-refractivity contribution < 1.29 is 14.4 Å². The van der Waals surface area contributed by atoms with E-state index in [-0.39, 0.29) is 10.6 Å². The van der Waals surface area contributed by atoms with E-state index in [1.165, 1.54) is 0 Å². The third kappa shape index (κ3) is 3.63. The van der Waals surface area contributed by atoms with Gasteiger partial charge in [-0.05, 0) is 25.1 Å². The van der Waals surface area contributed by atoms with E-state index in [0.29, 0.717) is 31.1 Å². The maximum absolute atomic E-state index is 11.6. The maximum Gasteiger partial charge on any atom is 0.333 e. The van der Waals surface area contributed by atoms with Gasteiger partial charge in [-0.2, -0.15) is 0 Å². The van der Waals surface area contributed by atoms with Gasteiger partial charge in [0.05, 0.1) is 18.6 Å². The van der Waals surface area contributed by atoms with Gasteiger partial charge in [0, 0.05) is 38.4 Å². The van der Waals surface area contributed by atoms with Crippen molar-refractivity contribution in [1.29, 1.82) is 0 Å². The van der Waals surface area contributed by atoms with Crippen LogP contribution in [-0.4, -0.2) is 49.8 Å². The molecule has 1 aromatic carbocycles. The number of piperazine rings is 1. The van der Waals surface area contributed by atoms with E-state index in [1.54, 1.807) is 31.5 Å². The van der Waals surface area contributed by atoms with Crippen molar-refractivity contribution in [2.24, 2.45) is 0 Å². The summed E-state index contributed by atoms with van der Waals surface area (Å²) in [5.74, 6) is 1.92. The lowest BCUT2D eigenvalue weighted by Crippen LogP contribution is -2.47. The molecule has 0 atom stereocenters. The smallest absolute Gasteiger partial charge is 0.333 e. The van der Waals surface area contributed by atoms with Gasteiger partial charge in [-0.15, -0.1) is 0 Å². The topological polar surface area (TPSA) is 81.0 Å². The Morgan fingerprint density at radius 1 is 1.19 bits per heavy atom. The number of para-hydroxylation sites is 1. The maximum atomic E-state index is 11.6. The Kier molecular flexibility index (Phi) is 5.40. The number of pyridine rings is 1. The van der Waals surface area contributed by atoms with E-state index in [2.05, 4.69) is 9.88 Å². The first-order chi connectivity index (χ1) is 12.6. The van der Waals surface area contributed by atoms with Crippen molar-refractivity contribution in [1.82, 2.24) is 4.98 Å². The molecule has 1 aliphatic heterocycles. The number of ether oxygens (including phenoxy) is 2. The van der Waals surface area contributed by atoms with Crippen LogP contribution >= 0.6 is 0 Å². The Balaban J connectivity index is 1.77. The standard InChI is InChI=1S/C18H22N4O4/c1-3-26-16-6-4-5-15(18(16)22(23)24)20-9-11-21(12-10-20)17-13-14(25-2)7-8-19-17/h4-8,13H,3,9-12H2,1-2H3. The molecule has 1 saturated heterocycles. The first kappa shape index (κ1) is 17.8. The Bertz CT molecular complexity index is 776. The van der Waals surface area contributed by atoms with E-state index in [9.17, 15) is 10.1 Å². The van der Waals surface area contributed by atoms with Crippen molar-refractivity contribution >= 4 is 17.2 Å². The minimum atomic E-state index is -0.365. The summed E-state index contributed by atoms with van der Waals surface area (Å²) in [6.45, 7) is 4.97. The molecule has 0 amide bonds. The van der Waals surface area contributed by atoms with Crippen molar-refractivity contribution in [2.75, 3.05) is 49.7 Å². The summed E-state index contributed by atoms with van der Waals surface area (Å²) in [6.07, 6.45) is 1.72. The second-order valence-corrected chi connectivity index (χ2v) is 5.84. The number of hydrogen-bond acceptors (Lipinski definition) is 7. The van der Waals surface area contributed by atoms with Crippen LogP contribution in [0.15, 0.2) is 36.5 Å². The van der Waals surface area contributed by atoms with Gasteiger partial charge in [0.2, 0.25) is 0 Å². The number of hydrogen-bond donors (Lipinski definition) is 0. The van der Waals surface area contributed by atoms with E-state index in [4.69, 9.17) is 9.47 Å². The molecule has 1 aromatic heterocycles. The first-order valence-corrected chi connectivity index (χ1v) is 8.54. The average molecular weight is 358 g/mol. The molecule has 26 heavy (non-hydrogen) atoms. The van der Waals surface area contributed by atoms with Crippen LogP contribution in [0.1, 0.15) is 6.92 Å². The second kappa shape index (κ2) is 7.90. The average Bonchev–Trinajstić information content (AvgIpc) is 2.68. The molecule has 8 nitrogen and oxygen atoms in total. The van der Waals surface area contributed by atoms with E-state index in [1.807, 2.05) is 24.0 Å². The van der Waals surface area contributed by atoms with Gasteiger partial charge in [-0.25, -0.2) is 4.98 Å². The number of aromatic nitrogens is 1. The molecule has 1 aliphatic rings. The van der Waals surface area contributed by atoms with Crippen LogP contribution in [0.5, 0.6) is 11.5 Å². The minimum absolute atomic E-state index is 0.0299. The Hall–Kier alpha value is -3.03. The predicted octanol–water partition coefficient (Wildman–Crippen LogP) is 2.72. The second-order valence-electron chi connectivity index (χ2n) is 5.84. The highest BCUT2D eigenvalue weighted by Crippen LogP contribution is 2.37. The zero-order valence-electron chi connectivity index (χ0n) is 14.9. The molecule has 0 unspecified atom stereocenters. The molecule has 0 radical (unpaired) electrons. The van der Waals surface area contributed by atoms with Crippen LogP contribution in [0.3, 0.4) is 0 Å². The molecule has 2 aromatic rings. The van der Waals surface area contributed by atoms with Crippen LogP contribution in [0.4, 0.5) is 17.2 Å². The Morgan fingerprint density at radius 3 is 2.58 bits per heavy atom. The molecule has 0 aliphatic carbocycles. The summed E-state index contributed by atoms with van der Waals surface area (Å²) < 4.78 is 10.7. The number of benzene rings is 1. The van der Waals surface area contributed by atoms with Crippen LogP contribution in [0, 0.1) is 10.1 Å². The quantitative estimate of drug-likeness (QED) is 0.580. The van der Waals surface area contributed by atoms with Crippen molar-refractivity contribution in [2.45, 2.75) is 6.92 Å². The first-order valence-electron chi connectivity index (χ1n) is 8.54. The largest absolute Gasteiger partial charge is 0.497 e. The summed E-state index contributed by atoms with van der Waals surface area (Å²) >= 11 is 0. The number of rotatable bonds is 6. The third-order valence-electron chi connectivity index (χ3n) is 4.36. The lowest BCUT2D eigenvalue weighted by atomic mass is 10.2. The third-order valence-corrected chi connectivity index (χ3v) is 4.36. The molecular weight excluding hydrogens is 336 g/mol. The predicted molar refractivity (Wildman–Crippen MR) is 99.5 cm³/mol. The molecule has 2 heterocycles. The van der Waals surface area contributed by atoms with Gasteiger partial charge in [-0.3, -0.25) is 10.1 Å². The fraction of sp³-hybridized carbons (Fsp3) is 0.389.